The summed E-state index contributed by atoms with van der Waals surface area (Å²) >= 11 is 3.56. The standard InChI is InChI=1S/C27H19BrN2O4/c1-33-26-14-21(13-22(16-29)18-9-11-23(12-10-18)30(31)32)25(28)15-27(26)34-17-20-7-4-6-19-5-2-3-8-24(19)20/h2-15H,17H2,1H3/b22-13-. The zero-order valence-electron chi connectivity index (χ0n) is 18.2. The zero-order chi connectivity index (χ0) is 24.1. The van der Waals surface area contributed by atoms with Gasteiger partial charge in [0.2, 0.25) is 0 Å². The molecule has 34 heavy (non-hydrogen) atoms. The first-order chi connectivity index (χ1) is 16.5. The second kappa shape index (κ2) is 10.2. The molecule has 0 aliphatic heterocycles. The largest absolute Gasteiger partial charge is 0.493 e. The van der Waals surface area contributed by atoms with Crippen LogP contribution in [0.5, 0.6) is 11.5 Å². The van der Waals surface area contributed by atoms with E-state index in [4.69, 9.17) is 9.47 Å². The molecule has 0 amide bonds. The number of nitrogens with zero attached hydrogens (tertiary/aromatic N) is 2. The molecule has 0 spiro atoms. The van der Waals surface area contributed by atoms with Crippen LogP contribution in [-0.2, 0) is 6.61 Å². The number of ether oxygens (including phenoxy) is 2. The normalized spacial score (nSPS) is 11.1. The molecule has 0 atom stereocenters. The molecule has 0 aromatic heterocycles. The highest BCUT2D eigenvalue weighted by atomic mass is 79.9. The van der Waals surface area contributed by atoms with E-state index in [9.17, 15) is 15.4 Å². The van der Waals surface area contributed by atoms with E-state index in [0.717, 1.165) is 20.8 Å². The highest BCUT2D eigenvalue weighted by Crippen LogP contribution is 2.36. The summed E-state index contributed by atoms with van der Waals surface area (Å²) in [4.78, 5) is 10.4. The van der Waals surface area contributed by atoms with Crippen LogP contribution in [0.3, 0.4) is 0 Å². The number of halogens is 1. The minimum Gasteiger partial charge on any atom is -0.493 e. The molecular weight excluding hydrogens is 496 g/mol. The van der Waals surface area contributed by atoms with Gasteiger partial charge in [0.1, 0.15) is 6.61 Å². The van der Waals surface area contributed by atoms with E-state index in [2.05, 4.69) is 40.2 Å². The van der Waals surface area contributed by atoms with Gasteiger partial charge < -0.3 is 9.47 Å². The summed E-state index contributed by atoms with van der Waals surface area (Å²) in [6.45, 7) is 0.367. The van der Waals surface area contributed by atoms with Crippen molar-refractivity contribution in [2.45, 2.75) is 6.61 Å². The number of nitro benzene ring substituents is 1. The van der Waals surface area contributed by atoms with Crippen molar-refractivity contribution in [3.05, 3.63) is 110 Å². The van der Waals surface area contributed by atoms with Crippen molar-refractivity contribution < 1.29 is 14.4 Å². The topological polar surface area (TPSA) is 85.4 Å². The van der Waals surface area contributed by atoms with Crippen molar-refractivity contribution in [3.63, 3.8) is 0 Å². The van der Waals surface area contributed by atoms with Crippen LogP contribution in [-0.4, -0.2) is 12.0 Å². The molecule has 0 N–H and O–H groups in total. The van der Waals surface area contributed by atoms with E-state index < -0.39 is 4.92 Å². The van der Waals surface area contributed by atoms with Crippen molar-refractivity contribution in [2.75, 3.05) is 7.11 Å². The molecule has 0 aliphatic rings. The Bertz CT molecular complexity index is 1430. The molecule has 0 fully saturated rings. The van der Waals surface area contributed by atoms with Crippen LogP contribution in [0.25, 0.3) is 22.4 Å². The molecule has 4 aromatic carbocycles. The summed E-state index contributed by atoms with van der Waals surface area (Å²) in [6, 6.07) is 25.8. The van der Waals surface area contributed by atoms with Gasteiger partial charge in [0, 0.05) is 16.6 Å². The highest BCUT2D eigenvalue weighted by Gasteiger charge is 2.13. The van der Waals surface area contributed by atoms with Gasteiger partial charge in [-0.3, -0.25) is 10.1 Å². The van der Waals surface area contributed by atoms with Crippen molar-refractivity contribution in [1.29, 1.82) is 5.26 Å². The lowest BCUT2D eigenvalue weighted by Crippen LogP contribution is -1.99. The van der Waals surface area contributed by atoms with Crippen LogP contribution in [0.4, 0.5) is 5.69 Å². The predicted octanol–water partition coefficient (Wildman–Crippen LogP) is 7.16. The third-order valence-corrected chi connectivity index (χ3v) is 6.04. The summed E-state index contributed by atoms with van der Waals surface area (Å²) in [5.74, 6) is 1.09. The summed E-state index contributed by atoms with van der Waals surface area (Å²) in [5.41, 5.74) is 2.68. The number of methoxy groups -OCH3 is 1. The Labute approximate surface area is 205 Å². The number of allylic oxidation sites excluding steroid dienone is 1. The van der Waals surface area contributed by atoms with Crippen LogP contribution in [0.2, 0.25) is 0 Å². The van der Waals surface area contributed by atoms with Gasteiger partial charge >= 0.3 is 0 Å². The second-order valence-corrected chi connectivity index (χ2v) is 8.28. The summed E-state index contributed by atoms with van der Waals surface area (Å²) < 4.78 is 12.4. The van der Waals surface area contributed by atoms with Crippen LogP contribution >= 0.6 is 15.9 Å². The lowest BCUT2D eigenvalue weighted by Gasteiger charge is -2.14. The maximum absolute atomic E-state index is 10.9. The SMILES string of the molecule is COc1cc(/C=C(/C#N)c2ccc([N+](=O)[O-])cc2)c(Br)cc1OCc1cccc2ccccc12. The fourth-order valence-corrected chi connectivity index (χ4v) is 4.04. The number of rotatable bonds is 7. The van der Waals surface area contributed by atoms with Crippen LogP contribution in [0.15, 0.2) is 83.3 Å². The van der Waals surface area contributed by atoms with E-state index in [1.165, 1.54) is 12.1 Å². The fourth-order valence-electron chi connectivity index (χ4n) is 3.61. The van der Waals surface area contributed by atoms with E-state index in [-0.39, 0.29) is 5.69 Å². The average Bonchev–Trinajstić information content (AvgIpc) is 2.86. The monoisotopic (exact) mass is 514 g/mol. The highest BCUT2D eigenvalue weighted by molar-refractivity contribution is 9.10. The van der Waals surface area contributed by atoms with Gasteiger partial charge in [-0.05, 0) is 57.8 Å². The molecule has 0 heterocycles. The Hall–Kier alpha value is -4.15. The fraction of sp³-hybridized carbons (Fsp3) is 0.0741. The van der Waals surface area contributed by atoms with Crippen molar-refractivity contribution in [2.24, 2.45) is 0 Å². The first kappa shape index (κ1) is 23.0. The first-order valence-corrected chi connectivity index (χ1v) is 11.1. The molecule has 0 saturated carbocycles. The zero-order valence-corrected chi connectivity index (χ0v) is 19.8. The minimum atomic E-state index is -0.474. The molecule has 4 aromatic rings. The predicted molar refractivity (Wildman–Crippen MR) is 136 cm³/mol. The Kier molecular flexibility index (Phi) is 6.90. The van der Waals surface area contributed by atoms with Gasteiger partial charge in [-0.25, -0.2) is 0 Å². The number of benzene rings is 4. The smallest absolute Gasteiger partial charge is 0.269 e. The Balaban J connectivity index is 1.62. The van der Waals surface area contributed by atoms with Gasteiger partial charge in [-0.2, -0.15) is 5.26 Å². The van der Waals surface area contributed by atoms with Gasteiger partial charge in [-0.1, -0.05) is 58.4 Å². The number of hydrogen-bond acceptors (Lipinski definition) is 5. The molecule has 0 radical (unpaired) electrons. The second-order valence-electron chi connectivity index (χ2n) is 7.43. The molecule has 7 heteroatoms. The average molecular weight is 515 g/mol. The van der Waals surface area contributed by atoms with Gasteiger partial charge in [0.05, 0.1) is 23.7 Å². The first-order valence-electron chi connectivity index (χ1n) is 10.3. The third kappa shape index (κ3) is 4.92. The van der Waals surface area contributed by atoms with E-state index in [0.29, 0.717) is 34.8 Å². The maximum atomic E-state index is 10.9. The van der Waals surface area contributed by atoms with Crippen LogP contribution in [0, 0.1) is 21.4 Å². The summed E-state index contributed by atoms with van der Waals surface area (Å²) in [5, 5.41) is 22.8. The number of nitro groups is 1. The molecule has 0 unspecified atom stereocenters. The molecule has 0 saturated heterocycles. The number of non-ortho nitro benzene ring substituents is 1. The quantitative estimate of drug-likeness (QED) is 0.113. The van der Waals surface area contributed by atoms with Crippen molar-refractivity contribution in [3.8, 4) is 17.6 Å². The van der Waals surface area contributed by atoms with Crippen molar-refractivity contribution >= 4 is 44.0 Å². The maximum Gasteiger partial charge on any atom is 0.269 e. The summed E-state index contributed by atoms with van der Waals surface area (Å²) in [7, 11) is 1.56. The lowest BCUT2D eigenvalue weighted by atomic mass is 10.0. The number of fused-ring (bicyclic) bond motifs is 1. The van der Waals surface area contributed by atoms with Gasteiger partial charge in [0.15, 0.2) is 11.5 Å². The van der Waals surface area contributed by atoms with Gasteiger partial charge in [0.25, 0.3) is 5.69 Å². The van der Waals surface area contributed by atoms with Crippen molar-refractivity contribution in [1.82, 2.24) is 0 Å². The lowest BCUT2D eigenvalue weighted by molar-refractivity contribution is -0.384. The third-order valence-electron chi connectivity index (χ3n) is 5.36. The molecule has 0 bridgehead atoms. The molecular formula is C27H19BrN2O4. The Morgan fingerprint density at radius 2 is 1.79 bits per heavy atom. The number of hydrogen-bond donors (Lipinski definition) is 0. The van der Waals surface area contributed by atoms with E-state index in [1.807, 2.05) is 24.3 Å². The van der Waals surface area contributed by atoms with E-state index in [1.54, 1.807) is 37.5 Å². The number of nitriles is 1. The molecule has 168 valence electrons. The van der Waals surface area contributed by atoms with Crippen LogP contribution < -0.4 is 9.47 Å². The molecule has 0 aliphatic carbocycles. The summed E-state index contributed by atoms with van der Waals surface area (Å²) in [6.07, 6.45) is 1.70. The Morgan fingerprint density at radius 3 is 2.50 bits per heavy atom. The molecule has 4 rings (SSSR count). The van der Waals surface area contributed by atoms with Gasteiger partial charge in [-0.15, -0.1) is 0 Å². The van der Waals surface area contributed by atoms with E-state index >= 15 is 0 Å². The van der Waals surface area contributed by atoms with Crippen LogP contribution in [0.1, 0.15) is 16.7 Å². The minimum absolute atomic E-state index is 0.0309. The molecule has 6 nitrogen and oxygen atoms in total. The Morgan fingerprint density at radius 1 is 1.06 bits per heavy atom.